The number of nitrogens with zero attached hydrogens (tertiary/aromatic N) is 3. The SMILES string of the molecule is CC(C)c1cc(N2CCOCC2)cc2c1=Nc1ccc(N3CCOCC3)cc1S=2I. The number of hydrogen-bond acceptors (Lipinski definition) is 5. The van der Waals surface area contributed by atoms with Gasteiger partial charge in [-0.3, -0.25) is 0 Å². The monoisotopic (exact) mass is 537 g/mol. The third kappa shape index (κ3) is 3.89. The van der Waals surface area contributed by atoms with Gasteiger partial charge >= 0.3 is 0 Å². The Kier molecular flexibility index (Phi) is 6.05. The maximum atomic E-state index is 5.58. The highest BCUT2D eigenvalue weighted by Gasteiger charge is 2.20. The summed E-state index contributed by atoms with van der Waals surface area (Å²) in [4.78, 5) is 11.4. The van der Waals surface area contributed by atoms with E-state index in [1.165, 1.54) is 31.7 Å². The van der Waals surface area contributed by atoms with Crippen molar-refractivity contribution in [3.63, 3.8) is 0 Å². The number of anilines is 2. The van der Waals surface area contributed by atoms with Gasteiger partial charge in [0.2, 0.25) is 0 Å². The summed E-state index contributed by atoms with van der Waals surface area (Å²) < 4.78 is 12.5. The molecule has 0 aliphatic carbocycles. The van der Waals surface area contributed by atoms with Crippen LogP contribution in [0.4, 0.5) is 17.1 Å². The van der Waals surface area contributed by atoms with Crippen LogP contribution in [0.2, 0.25) is 0 Å². The zero-order chi connectivity index (χ0) is 20.7. The van der Waals surface area contributed by atoms with Gasteiger partial charge in [0.05, 0.1) is 37.5 Å². The average Bonchev–Trinajstić information content (AvgIpc) is 2.79. The predicted molar refractivity (Wildman–Crippen MR) is 133 cm³/mol. The van der Waals surface area contributed by atoms with Gasteiger partial charge in [0, 0.05) is 47.0 Å². The summed E-state index contributed by atoms with van der Waals surface area (Å²) in [6, 6.07) is 11.5. The van der Waals surface area contributed by atoms with E-state index in [1.807, 2.05) is 0 Å². The van der Waals surface area contributed by atoms with Crippen molar-refractivity contribution in [1.82, 2.24) is 0 Å². The lowest BCUT2D eigenvalue weighted by atomic mass is 10.0. The van der Waals surface area contributed by atoms with Gasteiger partial charge in [-0.05, 0) is 63.0 Å². The zero-order valence-corrected chi connectivity index (χ0v) is 20.5. The minimum absolute atomic E-state index is 0.0359. The molecular formula is C23H28IN3O2S. The molecular weight excluding hydrogens is 509 g/mol. The molecule has 2 aromatic rings. The Morgan fingerprint density at radius 3 is 2.17 bits per heavy atom. The molecule has 5 rings (SSSR count). The van der Waals surface area contributed by atoms with Crippen molar-refractivity contribution in [3.05, 3.63) is 45.8 Å². The van der Waals surface area contributed by atoms with E-state index in [0.717, 1.165) is 58.3 Å². The molecule has 0 radical (unpaired) electrons. The van der Waals surface area contributed by atoms with Gasteiger partial charge < -0.3 is 19.3 Å². The van der Waals surface area contributed by atoms with Crippen LogP contribution in [-0.4, -0.2) is 52.6 Å². The van der Waals surface area contributed by atoms with Gasteiger partial charge in [-0.15, -0.1) is 0 Å². The molecule has 0 bridgehead atoms. The van der Waals surface area contributed by atoms with Crippen LogP contribution in [0.5, 0.6) is 0 Å². The molecule has 0 N–H and O–H groups in total. The number of ether oxygens (including phenoxy) is 2. The fraction of sp³-hybridized carbons (Fsp3) is 0.478. The van der Waals surface area contributed by atoms with Gasteiger partial charge in [0.25, 0.3) is 0 Å². The molecule has 0 amide bonds. The highest BCUT2D eigenvalue weighted by Crippen LogP contribution is 2.46. The average molecular weight is 537 g/mol. The summed E-state index contributed by atoms with van der Waals surface area (Å²) >= 11 is 2.64. The Bertz CT molecular complexity index is 1080. The topological polar surface area (TPSA) is 37.3 Å². The lowest BCUT2D eigenvalue weighted by Gasteiger charge is -2.30. The van der Waals surface area contributed by atoms with Crippen LogP contribution in [0, 0.1) is 4.51 Å². The molecule has 160 valence electrons. The summed E-state index contributed by atoms with van der Waals surface area (Å²) in [5.74, 6) is 0.436. The van der Waals surface area contributed by atoms with Crippen LogP contribution in [0.25, 0.3) is 0 Å². The molecule has 0 saturated carbocycles. The number of morpholine rings is 2. The quantitative estimate of drug-likeness (QED) is 0.421. The summed E-state index contributed by atoms with van der Waals surface area (Å²) in [7, 11) is -0.0359. The number of hydrogen-bond donors (Lipinski definition) is 0. The van der Waals surface area contributed by atoms with Crippen molar-refractivity contribution in [3.8, 4) is 0 Å². The van der Waals surface area contributed by atoms with Crippen LogP contribution in [0.15, 0.2) is 40.2 Å². The third-order valence-electron chi connectivity index (χ3n) is 6.03. The highest BCUT2D eigenvalue weighted by atomic mass is 127. The van der Waals surface area contributed by atoms with Crippen LogP contribution < -0.4 is 15.2 Å². The molecule has 5 nitrogen and oxygen atoms in total. The smallest absolute Gasteiger partial charge is 0.0812 e. The van der Waals surface area contributed by atoms with E-state index in [2.05, 4.69) is 75.2 Å². The number of halogens is 1. The molecule has 7 heteroatoms. The van der Waals surface area contributed by atoms with Crippen LogP contribution in [0.3, 0.4) is 0 Å². The van der Waals surface area contributed by atoms with Crippen molar-refractivity contribution in [2.24, 2.45) is 4.99 Å². The first-order valence-electron chi connectivity index (χ1n) is 10.7. The molecule has 3 aliphatic heterocycles. The summed E-state index contributed by atoms with van der Waals surface area (Å²) in [6.07, 6.45) is 0. The first-order chi connectivity index (χ1) is 14.6. The number of fused-ring (bicyclic) bond motifs is 2. The normalized spacial score (nSPS) is 21.3. The fourth-order valence-corrected chi connectivity index (χ4v) is 7.69. The van der Waals surface area contributed by atoms with E-state index >= 15 is 0 Å². The second-order valence-electron chi connectivity index (χ2n) is 8.26. The highest BCUT2D eigenvalue weighted by molar-refractivity contribution is 14.2. The van der Waals surface area contributed by atoms with Gasteiger partial charge in [0.1, 0.15) is 0 Å². The van der Waals surface area contributed by atoms with E-state index in [4.69, 9.17) is 14.5 Å². The molecule has 1 unspecified atom stereocenters. The van der Waals surface area contributed by atoms with Crippen molar-refractivity contribution >= 4 is 45.9 Å². The number of rotatable bonds is 3. The maximum absolute atomic E-state index is 5.58. The lowest BCUT2D eigenvalue weighted by Crippen LogP contribution is -2.36. The Morgan fingerprint density at radius 2 is 1.53 bits per heavy atom. The van der Waals surface area contributed by atoms with Gasteiger partial charge in [-0.1, -0.05) is 21.5 Å². The van der Waals surface area contributed by atoms with E-state index < -0.39 is 0 Å². The summed E-state index contributed by atoms with van der Waals surface area (Å²) in [5.41, 5.74) is 5.08. The van der Waals surface area contributed by atoms with Gasteiger partial charge in [-0.2, -0.15) is 0 Å². The first-order valence-corrected chi connectivity index (χ1v) is 14.5. The second-order valence-corrected chi connectivity index (χ2v) is 12.3. The van der Waals surface area contributed by atoms with Gasteiger partial charge in [-0.25, -0.2) is 4.99 Å². The van der Waals surface area contributed by atoms with Crippen LogP contribution in [-0.2, 0) is 9.47 Å². The summed E-state index contributed by atoms with van der Waals surface area (Å²) in [6.45, 7) is 11.6. The van der Waals surface area contributed by atoms with E-state index in [9.17, 15) is 0 Å². The Morgan fingerprint density at radius 1 is 0.900 bits per heavy atom. The molecule has 2 aromatic carbocycles. The van der Waals surface area contributed by atoms with Crippen molar-refractivity contribution in [1.29, 1.82) is 0 Å². The molecule has 3 aliphatic rings. The maximum Gasteiger partial charge on any atom is 0.0812 e. The zero-order valence-electron chi connectivity index (χ0n) is 17.6. The predicted octanol–water partition coefficient (Wildman–Crippen LogP) is 4.68. The van der Waals surface area contributed by atoms with Crippen molar-refractivity contribution < 1.29 is 9.47 Å². The standard InChI is InChI=1S/C23H28IN3O2S/c1-16(2)19-13-18(27-7-11-29-12-8-27)15-22-23(19)25-20-4-3-17(14-21(20)30(22)24)26-5-9-28-10-6-26/h3-4,13-16H,5-12H2,1-2H3. The van der Waals surface area contributed by atoms with E-state index in [-0.39, 0.29) is 7.66 Å². The molecule has 2 fully saturated rings. The first kappa shape index (κ1) is 20.7. The molecule has 1 atom stereocenters. The Balaban J connectivity index is 1.64. The van der Waals surface area contributed by atoms with E-state index in [1.54, 1.807) is 0 Å². The minimum Gasteiger partial charge on any atom is -0.378 e. The number of benzene rings is 2. The molecule has 3 heterocycles. The van der Waals surface area contributed by atoms with Crippen molar-refractivity contribution in [2.75, 3.05) is 62.4 Å². The third-order valence-corrected chi connectivity index (χ3v) is 10.3. The fourth-order valence-electron chi connectivity index (χ4n) is 4.31. The van der Waals surface area contributed by atoms with Crippen molar-refractivity contribution in [2.45, 2.75) is 24.7 Å². The lowest BCUT2D eigenvalue weighted by molar-refractivity contribution is 0.122. The molecule has 30 heavy (non-hydrogen) atoms. The molecule has 0 aromatic heterocycles. The Hall–Kier alpha value is -1.16. The molecule has 0 spiro atoms. The minimum atomic E-state index is -0.0359. The van der Waals surface area contributed by atoms with E-state index in [0.29, 0.717) is 5.92 Å². The largest absolute Gasteiger partial charge is 0.378 e. The summed E-state index contributed by atoms with van der Waals surface area (Å²) in [5, 5.41) is 1.19. The van der Waals surface area contributed by atoms with Gasteiger partial charge in [0.15, 0.2) is 0 Å². The Labute approximate surface area is 192 Å². The second kappa shape index (κ2) is 8.76. The van der Waals surface area contributed by atoms with Crippen LogP contribution in [0.1, 0.15) is 25.3 Å². The van der Waals surface area contributed by atoms with Crippen LogP contribution >= 0.6 is 28.9 Å². The molecule has 2 saturated heterocycles.